The minimum atomic E-state index is -1.17. The van der Waals surface area contributed by atoms with E-state index in [-0.39, 0.29) is 30.0 Å². The molecule has 0 aromatic carbocycles. The van der Waals surface area contributed by atoms with E-state index in [1.54, 1.807) is 25.7 Å². The van der Waals surface area contributed by atoms with Gasteiger partial charge in [0.15, 0.2) is 0 Å². The first-order chi connectivity index (χ1) is 13.5. The number of hydrogen-bond acceptors (Lipinski definition) is 5. The number of halogens is 1. The molecule has 1 aliphatic rings. The lowest BCUT2D eigenvalue weighted by Crippen LogP contribution is -2.45. The van der Waals surface area contributed by atoms with Crippen LogP contribution in [0.2, 0.25) is 0 Å². The lowest BCUT2D eigenvalue weighted by molar-refractivity contribution is -0.139. The number of carboxylic acids is 1. The molecule has 1 saturated heterocycles. The Balaban J connectivity index is 2.03. The molecule has 29 heavy (non-hydrogen) atoms. The molecule has 0 bridgehead atoms. The molecule has 1 fully saturated rings. The van der Waals surface area contributed by atoms with Gasteiger partial charge in [-0.2, -0.15) is 4.39 Å². The molecule has 0 saturated carbocycles. The summed E-state index contributed by atoms with van der Waals surface area (Å²) in [6.45, 7) is 6.97. The van der Waals surface area contributed by atoms with Gasteiger partial charge in [0.05, 0.1) is 0 Å². The minimum absolute atomic E-state index is 0.0502. The number of nitrogens with one attached hydrogen (secondary N) is 1. The highest BCUT2D eigenvalue weighted by Crippen LogP contribution is 2.29. The lowest BCUT2D eigenvalue weighted by Gasteiger charge is -2.29. The fourth-order valence-corrected chi connectivity index (χ4v) is 3.47. The molecular weight excluding hydrogens is 381 g/mol. The number of carbonyl (C=O) groups is 3. The van der Waals surface area contributed by atoms with E-state index in [0.717, 1.165) is 12.5 Å². The van der Waals surface area contributed by atoms with E-state index in [1.807, 2.05) is 6.92 Å². The Bertz CT molecular complexity index is 765. The summed E-state index contributed by atoms with van der Waals surface area (Å²) in [7, 11) is 0. The third kappa shape index (κ3) is 6.40. The SMILES string of the molecule is CC1CCC(CC[C@H](NC(=O)OC(C)(C)C)C(=O)O)N1C(=O)c1ccnc(F)c1. The van der Waals surface area contributed by atoms with E-state index in [4.69, 9.17) is 4.74 Å². The van der Waals surface area contributed by atoms with Crippen LogP contribution in [-0.2, 0) is 9.53 Å². The molecule has 1 aliphatic heterocycles. The standard InChI is InChI=1S/C20H28FN3O5/c1-12-5-6-14(24(12)17(25)13-9-10-22-16(21)11-13)7-8-15(18(26)27)23-19(28)29-20(2,3)4/h9-12,14-15H,5-8H2,1-4H3,(H,23,28)(H,26,27)/t12?,14?,15-/m0/s1. The Kier molecular flexibility index (Phi) is 7.16. The summed E-state index contributed by atoms with van der Waals surface area (Å²) in [6, 6.07) is 1.17. The molecule has 0 radical (unpaired) electrons. The predicted octanol–water partition coefficient (Wildman–Crippen LogP) is 2.97. The molecule has 0 spiro atoms. The smallest absolute Gasteiger partial charge is 0.408 e. The Hall–Kier alpha value is -2.71. The maximum absolute atomic E-state index is 13.4. The van der Waals surface area contributed by atoms with Gasteiger partial charge >= 0.3 is 12.1 Å². The van der Waals surface area contributed by atoms with Gasteiger partial charge in [-0.15, -0.1) is 0 Å². The summed E-state index contributed by atoms with van der Waals surface area (Å²) >= 11 is 0. The second kappa shape index (κ2) is 9.19. The first-order valence-corrected chi connectivity index (χ1v) is 9.64. The second-order valence-electron chi connectivity index (χ2n) is 8.27. The Morgan fingerprint density at radius 2 is 2.07 bits per heavy atom. The highest BCUT2D eigenvalue weighted by molar-refractivity contribution is 5.94. The normalized spacial score (nSPS) is 20.2. The zero-order valence-corrected chi connectivity index (χ0v) is 17.1. The van der Waals surface area contributed by atoms with Gasteiger partial charge < -0.3 is 20.1 Å². The van der Waals surface area contributed by atoms with Crippen molar-refractivity contribution in [1.29, 1.82) is 0 Å². The number of likely N-dealkylation sites (tertiary alicyclic amines) is 1. The fraction of sp³-hybridized carbons (Fsp3) is 0.600. The molecule has 1 aromatic heterocycles. The number of rotatable bonds is 6. The summed E-state index contributed by atoms with van der Waals surface area (Å²) in [6.07, 6.45) is 2.44. The molecule has 0 aliphatic carbocycles. The molecule has 1 aromatic rings. The highest BCUT2D eigenvalue weighted by Gasteiger charge is 2.36. The Labute approximate surface area is 169 Å². The molecule has 2 rings (SSSR count). The van der Waals surface area contributed by atoms with Crippen LogP contribution in [0.4, 0.5) is 9.18 Å². The largest absolute Gasteiger partial charge is 0.480 e. The molecular formula is C20H28FN3O5. The second-order valence-corrected chi connectivity index (χ2v) is 8.27. The summed E-state index contributed by atoms with van der Waals surface area (Å²) in [5, 5.41) is 11.8. The van der Waals surface area contributed by atoms with Gasteiger partial charge in [-0.25, -0.2) is 14.6 Å². The molecule has 2 heterocycles. The molecule has 9 heteroatoms. The van der Waals surface area contributed by atoms with Crippen molar-refractivity contribution in [3.63, 3.8) is 0 Å². The van der Waals surface area contributed by atoms with Gasteiger partial charge in [0.25, 0.3) is 5.91 Å². The van der Waals surface area contributed by atoms with Crippen LogP contribution in [0.25, 0.3) is 0 Å². The quantitative estimate of drug-likeness (QED) is 0.699. The fourth-order valence-electron chi connectivity index (χ4n) is 3.47. The molecule has 2 N–H and O–H groups in total. The van der Waals surface area contributed by atoms with Crippen LogP contribution >= 0.6 is 0 Å². The maximum atomic E-state index is 13.4. The monoisotopic (exact) mass is 409 g/mol. The summed E-state index contributed by atoms with van der Waals surface area (Å²) < 4.78 is 18.5. The number of aliphatic carboxylic acids is 1. The van der Waals surface area contributed by atoms with E-state index in [0.29, 0.717) is 12.8 Å². The van der Waals surface area contributed by atoms with E-state index in [1.165, 1.54) is 12.3 Å². The number of nitrogens with zero attached hydrogens (tertiary/aromatic N) is 2. The van der Waals surface area contributed by atoms with Gasteiger partial charge in [-0.3, -0.25) is 4.79 Å². The van der Waals surface area contributed by atoms with Crippen LogP contribution in [0.1, 0.15) is 63.7 Å². The number of pyridine rings is 1. The molecule has 3 atom stereocenters. The van der Waals surface area contributed by atoms with E-state index >= 15 is 0 Å². The maximum Gasteiger partial charge on any atom is 0.408 e. The van der Waals surface area contributed by atoms with Crippen molar-refractivity contribution in [3.05, 3.63) is 29.8 Å². The lowest BCUT2D eigenvalue weighted by atomic mass is 10.0. The van der Waals surface area contributed by atoms with Crippen molar-refractivity contribution in [2.45, 2.75) is 77.1 Å². The van der Waals surface area contributed by atoms with Crippen LogP contribution in [0.3, 0.4) is 0 Å². The number of carbonyl (C=O) groups excluding carboxylic acids is 2. The topological polar surface area (TPSA) is 109 Å². The number of hydrogen-bond donors (Lipinski definition) is 2. The minimum Gasteiger partial charge on any atom is -0.480 e. The van der Waals surface area contributed by atoms with Crippen molar-refractivity contribution < 1.29 is 28.6 Å². The van der Waals surface area contributed by atoms with Crippen molar-refractivity contribution in [2.75, 3.05) is 0 Å². The van der Waals surface area contributed by atoms with Crippen molar-refractivity contribution in [2.24, 2.45) is 0 Å². The van der Waals surface area contributed by atoms with Crippen molar-refractivity contribution in [3.8, 4) is 0 Å². The van der Waals surface area contributed by atoms with E-state index in [9.17, 15) is 23.9 Å². The first-order valence-electron chi connectivity index (χ1n) is 9.64. The average molecular weight is 409 g/mol. The van der Waals surface area contributed by atoms with Gasteiger partial charge in [0.2, 0.25) is 5.95 Å². The third-order valence-corrected chi connectivity index (χ3v) is 4.77. The first kappa shape index (κ1) is 22.6. The van der Waals surface area contributed by atoms with Crippen LogP contribution in [0.5, 0.6) is 0 Å². The number of ether oxygens (including phenoxy) is 1. The van der Waals surface area contributed by atoms with Gasteiger partial charge in [-0.1, -0.05) is 0 Å². The van der Waals surface area contributed by atoms with Gasteiger partial charge in [-0.05, 0) is 59.4 Å². The van der Waals surface area contributed by atoms with Gasteiger partial charge in [0.1, 0.15) is 11.6 Å². The molecule has 2 amide bonds. The third-order valence-electron chi connectivity index (χ3n) is 4.77. The summed E-state index contributed by atoms with van der Waals surface area (Å²) in [5.41, 5.74) is -0.533. The molecule has 2 unspecified atom stereocenters. The van der Waals surface area contributed by atoms with E-state index in [2.05, 4.69) is 10.3 Å². The highest BCUT2D eigenvalue weighted by atomic mass is 19.1. The number of aromatic nitrogens is 1. The number of carboxylic acid groups (broad SMARTS) is 1. The van der Waals surface area contributed by atoms with Crippen molar-refractivity contribution in [1.82, 2.24) is 15.2 Å². The average Bonchev–Trinajstić information content (AvgIpc) is 2.96. The van der Waals surface area contributed by atoms with Crippen LogP contribution in [-0.4, -0.2) is 56.7 Å². The molecule has 8 nitrogen and oxygen atoms in total. The Morgan fingerprint density at radius 1 is 1.38 bits per heavy atom. The summed E-state index contributed by atoms with van der Waals surface area (Å²) in [4.78, 5) is 41.4. The Morgan fingerprint density at radius 3 is 2.66 bits per heavy atom. The molecule has 160 valence electrons. The summed E-state index contributed by atoms with van der Waals surface area (Å²) in [5.74, 6) is -2.21. The zero-order valence-electron chi connectivity index (χ0n) is 17.1. The van der Waals surface area contributed by atoms with Crippen LogP contribution in [0.15, 0.2) is 18.3 Å². The van der Waals surface area contributed by atoms with Gasteiger partial charge in [0, 0.05) is 29.9 Å². The predicted molar refractivity (Wildman–Crippen MR) is 103 cm³/mol. The van der Waals surface area contributed by atoms with Crippen molar-refractivity contribution >= 4 is 18.0 Å². The number of amides is 2. The van der Waals surface area contributed by atoms with Crippen LogP contribution in [0, 0.1) is 5.95 Å². The van der Waals surface area contributed by atoms with Crippen LogP contribution < -0.4 is 5.32 Å². The zero-order chi connectivity index (χ0) is 21.8. The number of alkyl carbamates (subject to hydrolysis) is 1. The van der Waals surface area contributed by atoms with E-state index < -0.39 is 29.7 Å².